The van der Waals surface area contributed by atoms with Gasteiger partial charge in [-0.1, -0.05) is 244 Å². The molecule has 2 unspecified atom stereocenters. The third-order valence-electron chi connectivity index (χ3n) is 10.8. The van der Waals surface area contributed by atoms with Crippen LogP contribution in [0.4, 0.5) is 0 Å². The molecular weight excluding hydrogens is 615 g/mol. The Hall–Kier alpha value is -0.870. The maximum Gasteiger partial charge on any atom is 0.220 e. The Morgan fingerprint density at radius 2 is 0.740 bits per heavy atom. The zero-order valence-electron chi connectivity index (χ0n) is 34.2. The highest BCUT2D eigenvalue weighted by atomic mass is 16.3. The Morgan fingerprint density at radius 1 is 0.460 bits per heavy atom. The molecule has 4 heteroatoms. The predicted molar refractivity (Wildman–Crippen MR) is 221 cm³/mol. The Balaban J connectivity index is 3.44. The summed E-state index contributed by atoms with van der Waals surface area (Å²) in [7, 11) is 0. The first-order valence-corrected chi connectivity index (χ1v) is 22.9. The summed E-state index contributed by atoms with van der Waals surface area (Å²) >= 11 is 0. The normalized spacial score (nSPS) is 13.0. The van der Waals surface area contributed by atoms with Crippen molar-refractivity contribution in [1.29, 1.82) is 0 Å². The summed E-state index contributed by atoms with van der Waals surface area (Å²) in [6.45, 7) is 4.32. The molecule has 298 valence electrons. The largest absolute Gasteiger partial charge is 0.394 e. The van der Waals surface area contributed by atoms with Crippen molar-refractivity contribution in [3.8, 4) is 0 Å². The first-order chi connectivity index (χ1) is 24.7. The summed E-state index contributed by atoms with van der Waals surface area (Å²) in [6, 6.07) is -0.615. The number of nitrogens with one attached hydrogen (secondary N) is 1. The van der Waals surface area contributed by atoms with E-state index in [1.807, 2.05) is 6.08 Å². The molecule has 0 spiro atoms. The van der Waals surface area contributed by atoms with E-state index in [1.165, 1.54) is 212 Å². The third kappa shape index (κ3) is 38.4. The van der Waals surface area contributed by atoms with Crippen LogP contribution in [0.15, 0.2) is 12.2 Å². The van der Waals surface area contributed by atoms with E-state index in [9.17, 15) is 15.0 Å². The van der Waals surface area contributed by atoms with Crippen molar-refractivity contribution in [2.75, 3.05) is 6.61 Å². The monoisotopic (exact) mass is 706 g/mol. The molecule has 0 saturated heterocycles. The molecule has 0 aromatic carbocycles. The molecule has 2 atom stereocenters. The van der Waals surface area contributed by atoms with E-state index < -0.39 is 12.1 Å². The number of rotatable bonds is 42. The maximum absolute atomic E-state index is 12.4. The fraction of sp³-hybridized carbons (Fsp3) is 0.935. The van der Waals surface area contributed by atoms with Crippen LogP contribution < -0.4 is 5.32 Å². The fourth-order valence-corrected chi connectivity index (χ4v) is 7.24. The summed E-state index contributed by atoms with van der Waals surface area (Å²) in [6.07, 6.45) is 53.4. The number of allylic oxidation sites excluding steroid dienone is 1. The van der Waals surface area contributed by atoms with Gasteiger partial charge in [0.25, 0.3) is 0 Å². The number of hydrogen-bond donors (Lipinski definition) is 3. The molecule has 0 aliphatic rings. The quantitative estimate of drug-likeness (QED) is 0.0437. The lowest BCUT2D eigenvalue weighted by Crippen LogP contribution is -2.45. The summed E-state index contributed by atoms with van der Waals surface area (Å²) in [5.41, 5.74) is 0. The molecule has 0 fully saturated rings. The van der Waals surface area contributed by atoms with Crippen molar-refractivity contribution < 1.29 is 15.0 Å². The standard InChI is InChI=1S/C46H91NO3/c1-3-5-7-9-11-13-15-17-18-19-20-21-22-23-24-25-26-27-28-29-30-32-34-36-38-40-42-46(50)47-44(43-48)45(49)41-39-37-35-33-31-16-14-12-10-8-6-4-2/h39,41,44-45,48-49H,3-38,40,42-43H2,1-2H3,(H,47,50)/b41-39+. The van der Waals surface area contributed by atoms with Gasteiger partial charge in [-0.05, 0) is 19.3 Å². The number of amides is 1. The van der Waals surface area contributed by atoms with E-state index in [1.54, 1.807) is 6.08 Å². The van der Waals surface area contributed by atoms with Crippen LogP contribution in [0.5, 0.6) is 0 Å². The minimum Gasteiger partial charge on any atom is -0.394 e. The van der Waals surface area contributed by atoms with Gasteiger partial charge in [0.2, 0.25) is 5.91 Å². The Kier molecular flexibility index (Phi) is 41.8. The topological polar surface area (TPSA) is 69.6 Å². The first kappa shape index (κ1) is 49.1. The van der Waals surface area contributed by atoms with Crippen molar-refractivity contribution in [2.45, 2.75) is 270 Å². The van der Waals surface area contributed by atoms with Crippen LogP contribution in [0.1, 0.15) is 258 Å². The SMILES string of the molecule is CCCCCCCCCCCC/C=C/C(O)C(CO)NC(=O)CCCCCCCCCCCCCCCCCCCCCCCCCCCC. The van der Waals surface area contributed by atoms with Crippen LogP contribution in [0.2, 0.25) is 0 Å². The molecule has 0 bridgehead atoms. The molecule has 0 aliphatic heterocycles. The van der Waals surface area contributed by atoms with E-state index in [0.29, 0.717) is 6.42 Å². The summed E-state index contributed by atoms with van der Waals surface area (Å²) in [4.78, 5) is 12.4. The van der Waals surface area contributed by atoms with Gasteiger partial charge in [-0.15, -0.1) is 0 Å². The van der Waals surface area contributed by atoms with E-state index in [0.717, 1.165) is 25.7 Å². The average molecular weight is 706 g/mol. The molecule has 0 rings (SSSR count). The van der Waals surface area contributed by atoms with Gasteiger partial charge in [-0.2, -0.15) is 0 Å². The molecule has 0 aromatic rings. The molecule has 0 aliphatic carbocycles. The predicted octanol–water partition coefficient (Wildman–Crippen LogP) is 14.2. The molecular formula is C46H91NO3. The van der Waals surface area contributed by atoms with Crippen LogP contribution in [0.3, 0.4) is 0 Å². The molecule has 4 nitrogen and oxygen atoms in total. The summed E-state index contributed by atoms with van der Waals surface area (Å²) in [5.74, 6) is -0.0597. The second-order valence-electron chi connectivity index (χ2n) is 15.8. The van der Waals surface area contributed by atoms with Crippen molar-refractivity contribution in [3.63, 3.8) is 0 Å². The second kappa shape index (κ2) is 42.5. The highest BCUT2D eigenvalue weighted by Crippen LogP contribution is 2.17. The number of aliphatic hydroxyl groups excluding tert-OH is 2. The van der Waals surface area contributed by atoms with E-state index in [4.69, 9.17) is 0 Å². The number of aliphatic hydroxyl groups is 2. The second-order valence-corrected chi connectivity index (χ2v) is 15.8. The number of carbonyl (C=O) groups excluding carboxylic acids is 1. The molecule has 0 aromatic heterocycles. The van der Waals surface area contributed by atoms with Gasteiger partial charge in [0.15, 0.2) is 0 Å². The maximum atomic E-state index is 12.4. The van der Waals surface area contributed by atoms with Gasteiger partial charge >= 0.3 is 0 Å². The molecule has 1 amide bonds. The van der Waals surface area contributed by atoms with E-state index in [2.05, 4.69) is 19.2 Å². The third-order valence-corrected chi connectivity index (χ3v) is 10.8. The van der Waals surface area contributed by atoms with Crippen LogP contribution in [-0.2, 0) is 4.79 Å². The summed E-state index contributed by atoms with van der Waals surface area (Å²) in [5, 5.41) is 23.0. The van der Waals surface area contributed by atoms with Crippen LogP contribution in [0.25, 0.3) is 0 Å². The van der Waals surface area contributed by atoms with Crippen molar-refractivity contribution in [2.24, 2.45) is 0 Å². The Bertz CT molecular complexity index is 680. The molecule has 0 saturated carbocycles. The summed E-state index contributed by atoms with van der Waals surface area (Å²) < 4.78 is 0. The zero-order chi connectivity index (χ0) is 36.4. The molecule has 3 N–H and O–H groups in total. The van der Waals surface area contributed by atoms with Crippen molar-refractivity contribution >= 4 is 5.91 Å². The van der Waals surface area contributed by atoms with Gasteiger partial charge in [0.05, 0.1) is 18.8 Å². The van der Waals surface area contributed by atoms with Gasteiger partial charge in [0.1, 0.15) is 0 Å². The number of carbonyl (C=O) groups is 1. The first-order valence-electron chi connectivity index (χ1n) is 22.9. The highest BCUT2D eigenvalue weighted by Gasteiger charge is 2.17. The van der Waals surface area contributed by atoms with Crippen LogP contribution >= 0.6 is 0 Å². The minimum absolute atomic E-state index is 0.0597. The number of unbranched alkanes of at least 4 members (excludes halogenated alkanes) is 35. The minimum atomic E-state index is -0.832. The number of hydrogen-bond acceptors (Lipinski definition) is 3. The van der Waals surface area contributed by atoms with Crippen molar-refractivity contribution in [3.05, 3.63) is 12.2 Å². The van der Waals surface area contributed by atoms with Gasteiger partial charge in [0, 0.05) is 6.42 Å². The molecule has 50 heavy (non-hydrogen) atoms. The fourth-order valence-electron chi connectivity index (χ4n) is 7.24. The molecule has 0 heterocycles. The van der Waals surface area contributed by atoms with Crippen LogP contribution in [0, 0.1) is 0 Å². The van der Waals surface area contributed by atoms with Crippen molar-refractivity contribution in [1.82, 2.24) is 5.32 Å². The lowest BCUT2D eigenvalue weighted by atomic mass is 10.0. The lowest BCUT2D eigenvalue weighted by molar-refractivity contribution is -0.123. The van der Waals surface area contributed by atoms with Gasteiger partial charge in [-0.3, -0.25) is 4.79 Å². The average Bonchev–Trinajstić information content (AvgIpc) is 3.12. The van der Waals surface area contributed by atoms with Crippen LogP contribution in [-0.4, -0.2) is 34.9 Å². The Morgan fingerprint density at radius 3 is 1.04 bits per heavy atom. The van der Waals surface area contributed by atoms with E-state index in [-0.39, 0.29) is 12.5 Å². The zero-order valence-corrected chi connectivity index (χ0v) is 34.2. The van der Waals surface area contributed by atoms with E-state index >= 15 is 0 Å². The Labute approximate surface area is 314 Å². The molecule has 0 radical (unpaired) electrons. The smallest absolute Gasteiger partial charge is 0.220 e. The lowest BCUT2D eigenvalue weighted by Gasteiger charge is -2.20. The van der Waals surface area contributed by atoms with Gasteiger partial charge in [-0.25, -0.2) is 0 Å². The van der Waals surface area contributed by atoms with Gasteiger partial charge < -0.3 is 15.5 Å². The highest BCUT2D eigenvalue weighted by molar-refractivity contribution is 5.76.